The molecule has 108 valence electrons. The third-order valence-corrected chi connectivity index (χ3v) is 3.94. The summed E-state index contributed by atoms with van der Waals surface area (Å²) in [5, 5.41) is 1.16. The van der Waals surface area contributed by atoms with Gasteiger partial charge in [0.1, 0.15) is 5.76 Å². The van der Waals surface area contributed by atoms with Crippen molar-refractivity contribution >= 4 is 32.7 Å². The van der Waals surface area contributed by atoms with Crippen LogP contribution in [0.2, 0.25) is 0 Å². The molecule has 0 saturated carbocycles. The van der Waals surface area contributed by atoms with Gasteiger partial charge >= 0.3 is 5.91 Å². The molecule has 0 spiro atoms. The smallest absolute Gasteiger partial charge is 0.300 e. The van der Waals surface area contributed by atoms with Crippen LogP contribution in [0.3, 0.4) is 0 Å². The number of aromatic nitrogens is 1. The van der Waals surface area contributed by atoms with Crippen LogP contribution in [0.5, 0.6) is 0 Å². The topological polar surface area (TPSA) is 73.2 Å². The number of furan rings is 1. The molecule has 0 bridgehead atoms. The number of fused-ring (bicyclic) bond motifs is 1. The number of nitrogens with zero attached hydrogens (tertiary/aromatic N) is 1. The molecule has 3 aromatic rings. The van der Waals surface area contributed by atoms with Crippen molar-refractivity contribution in [3.8, 4) is 0 Å². The Balaban J connectivity index is 1.95. The molecule has 0 aliphatic rings. The molecule has 2 aromatic heterocycles. The predicted molar refractivity (Wildman–Crippen MR) is 83.8 cm³/mol. The van der Waals surface area contributed by atoms with Crippen molar-refractivity contribution in [2.45, 2.75) is 13.5 Å². The summed E-state index contributed by atoms with van der Waals surface area (Å²) in [6, 6.07) is 9.92. The predicted octanol–water partition coefficient (Wildman–Crippen LogP) is 2.96. The van der Waals surface area contributed by atoms with E-state index in [1.54, 1.807) is 6.07 Å². The molecule has 0 radical (unpaired) electrons. The summed E-state index contributed by atoms with van der Waals surface area (Å²) in [6.07, 6.45) is 2.02. The lowest BCUT2D eigenvalue weighted by Gasteiger charge is -2.04. The SMILES string of the molecule is Cc1oc(C(=O)NN)cc1Cn1ccc2cc(Br)ccc21. The van der Waals surface area contributed by atoms with Crippen molar-refractivity contribution in [2.24, 2.45) is 5.84 Å². The molecule has 0 aliphatic heterocycles. The van der Waals surface area contributed by atoms with E-state index in [1.807, 2.05) is 19.2 Å². The monoisotopic (exact) mass is 347 g/mol. The fraction of sp³-hybridized carbons (Fsp3) is 0.133. The second-order valence-electron chi connectivity index (χ2n) is 4.81. The van der Waals surface area contributed by atoms with E-state index in [4.69, 9.17) is 10.3 Å². The lowest BCUT2D eigenvalue weighted by molar-refractivity contribution is 0.0924. The van der Waals surface area contributed by atoms with E-state index < -0.39 is 5.91 Å². The first-order chi connectivity index (χ1) is 10.1. The molecule has 0 atom stereocenters. The first kappa shape index (κ1) is 13.9. The van der Waals surface area contributed by atoms with Crippen LogP contribution in [-0.2, 0) is 6.54 Å². The van der Waals surface area contributed by atoms with Crippen LogP contribution in [0.15, 0.2) is 45.4 Å². The Labute approximate surface area is 129 Å². The summed E-state index contributed by atoms with van der Waals surface area (Å²) in [7, 11) is 0. The molecule has 3 N–H and O–H groups in total. The van der Waals surface area contributed by atoms with Crippen LogP contribution >= 0.6 is 15.9 Å². The quantitative estimate of drug-likeness (QED) is 0.434. The van der Waals surface area contributed by atoms with Crippen molar-refractivity contribution < 1.29 is 9.21 Å². The van der Waals surface area contributed by atoms with Gasteiger partial charge in [0, 0.05) is 27.1 Å². The highest BCUT2D eigenvalue weighted by Gasteiger charge is 2.14. The zero-order chi connectivity index (χ0) is 15.0. The molecule has 2 heterocycles. The maximum Gasteiger partial charge on any atom is 0.300 e. The second-order valence-corrected chi connectivity index (χ2v) is 5.73. The number of halogens is 1. The summed E-state index contributed by atoms with van der Waals surface area (Å²) in [5.41, 5.74) is 4.15. The van der Waals surface area contributed by atoms with Crippen molar-refractivity contribution in [1.82, 2.24) is 9.99 Å². The van der Waals surface area contributed by atoms with Gasteiger partial charge in [0.2, 0.25) is 0 Å². The third-order valence-electron chi connectivity index (χ3n) is 3.45. The fourth-order valence-electron chi connectivity index (χ4n) is 2.35. The van der Waals surface area contributed by atoms with Crippen molar-refractivity contribution in [1.29, 1.82) is 0 Å². The number of nitrogens with one attached hydrogen (secondary N) is 1. The summed E-state index contributed by atoms with van der Waals surface area (Å²) < 4.78 is 8.60. The molecular formula is C15H14BrN3O2. The number of nitrogens with two attached hydrogens (primary N) is 1. The van der Waals surface area contributed by atoms with Gasteiger partial charge in [0.05, 0.1) is 6.54 Å². The minimum atomic E-state index is -0.425. The molecule has 5 nitrogen and oxygen atoms in total. The van der Waals surface area contributed by atoms with Gasteiger partial charge in [-0.2, -0.15) is 0 Å². The number of rotatable bonds is 3. The average molecular weight is 348 g/mol. The second kappa shape index (κ2) is 5.38. The fourth-order valence-corrected chi connectivity index (χ4v) is 2.73. The summed E-state index contributed by atoms with van der Waals surface area (Å²) >= 11 is 3.47. The van der Waals surface area contributed by atoms with Crippen molar-refractivity contribution in [2.75, 3.05) is 0 Å². The number of carbonyl (C=O) groups excluding carboxylic acids is 1. The number of hydrazine groups is 1. The maximum atomic E-state index is 11.5. The van der Waals surface area contributed by atoms with E-state index in [-0.39, 0.29) is 5.76 Å². The molecule has 6 heteroatoms. The molecule has 21 heavy (non-hydrogen) atoms. The zero-order valence-electron chi connectivity index (χ0n) is 11.4. The standard InChI is InChI=1S/C15H14BrN3O2/c1-9-11(7-14(21-9)15(20)18-17)8-19-5-4-10-6-12(16)2-3-13(10)19/h2-7H,8,17H2,1H3,(H,18,20). The van der Waals surface area contributed by atoms with Crippen molar-refractivity contribution in [3.63, 3.8) is 0 Å². The highest BCUT2D eigenvalue weighted by molar-refractivity contribution is 9.10. The van der Waals surface area contributed by atoms with Gasteiger partial charge < -0.3 is 8.98 Å². The first-order valence-electron chi connectivity index (χ1n) is 6.43. The maximum absolute atomic E-state index is 11.5. The van der Waals surface area contributed by atoms with Gasteiger partial charge in [-0.25, -0.2) is 5.84 Å². The molecular weight excluding hydrogens is 334 g/mol. The highest BCUT2D eigenvalue weighted by atomic mass is 79.9. The number of carbonyl (C=O) groups is 1. The van der Waals surface area contributed by atoms with E-state index in [1.165, 1.54) is 0 Å². The summed E-state index contributed by atoms with van der Waals surface area (Å²) in [5.74, 6) is 5.63. The number of amides is 1. The minimum absolute atomic E-state index is 0.226. The van der Waals surface area contributed by atoms with Crippen LogP contribution in [0, 0.1) is 6.92 Å². The number of hydrogen-bond donors (Lipinski definition) is 2. The Morgan fingerprint density at radius 2 is 2.19 bits per heavy atom. The number of nitrogen functional groups attached to an aromatic ring is 1. The van der Waals surface area contributed by atoms with Crippen LogP contribution in [0.1, 0.15) is 21.9 Å². The first-order valence-corrected chi connectivity index (χ1v) is 7.22. The van der Waals surface area contributed by atoms with E-state index in [0.717, 1.165) is 20.9 Å². The Morgan fingerprint density at radius 3 is 2.95 bits per heavy atom. The highest BCUT2D eigenvalue weighted by Crippen LogP contribution is 2.23. The van der Waals surface area contributed by atoms with Crippen LogP contribution < -0.4 is 11.3 Å². The molecule has 1 amide bonds. The van der Waals surface area contributed by atoms with E-state index in [0.29, 0.717) is 12.3 Å². The van der Waals surface area contributed by atoms with Crippen LogP contribution in [0.4, 0.5) is 0 Å². The lowest BCUT2D eigenvalue weighted by atomic mass is 10.2. The van der Waals surface area contributed by atoms with Crippen LogP contribution in [0.25, 0.3) is 10.9 Å². The van der Waals surface area contributed by atoms with Gasteiger partial charge in [-0.3, -0.25) is 10.2 Å². The number of hydrogen-bond acceptors (Lipinski definition) is 3. The molecule has 0 fully saturated rings. The van der Waals surface area contributed by atoms with Crippen molar-refractivity contribution in [3.05, 3.63) is 58.1 Å². The molecule has 0 saturated heterocycles. The Bertz CT molecular complexity index is 820. The Hall–Kier alpha value is -2.05. The molecule has 1 aromatic carbocycles. The van der Waals surface area contributed by atoms with E-state index in [9.17, 15) is 4.79 Å². The lowest BCUT2D eigenvalue weighted by Crippen LogP contribution is -2.29. The molecule has 3 rings (SSSR count). The van der Waals surface area contributed by atoms with Gasteiger partial charge in [0.25, 0.3) is 0 Å². The zero-order valence-corrected chi connectivity index (χ0v) is 13.0. The van der Waals surface area contributed by atoms with Crippen LogP contribution in [-0.4, -0.2) is 10.5 Å². The summed E-state index contributed by atoms with van der Waals surface area (Å²) in [6.45, 7) is 2.48. The largest absolute Gasteiger partial charge is 0.456 e. The Kier molecular flexibility index (Phi) is 3.57. The minimum Gasteiger partial charge on any atom is -0.456 e. The van der Waals surface area contributed by atoms with Gasteiger partial charge in [0.15, 0.2) is 5.76 Å². The van der Waals surface area contributed by atoms with Gasteiger partial charge in [-0.15, -0.1) is 0 Å². The van der Waals surface area contributed by atoms with E-state index in [2.05, 4.69) is 44.1 Å². The summed E-state index contributed by atoms with van der Waals surface area (Å²) in [4.78, 5) is 11.5. The third kappa shape index (κ3) is 2.59. The Morgan fingerprint density at radius 1 is 1.38 bits per heavy atom. The number of benzene rings is 1. The molecule has 0 unspecified atom stereocenters. The van der Waals surface area contributed by atoms with Gasteiger partial charge in [-0.1, -0.05) is 15.9 Å². The van der Waals surface area contributed by atoms with E-state index >= 15 is 0 Å². The molecule has 0 aliphatic carbocycles. The number of aryl methyl sites for hydroxylation is 1. The average Bonchev–Trinajstić information content (AvgIpc) is 3.03. The van der Waals surface area contributed by atoms with Gasteiger partial charge in [-0.05, 0) is 37.3 Å². The normalized spacial score (nSPS) is 11.0.